The van der Waals surface area contributed by atoms with Crippen molar-refractivity contribution in [3.8, 4) is 11.5 Å². The van der Waals surface area contributed by atoms with Crippen LogP contribution in [0.4, 0.5) is 0 Å². The highest BCUT2D eigenvalue weighted by Gasteiger charge is 2.17. The van der Waals surface area contributed by atoms with Gasteiger partial charge >= 0.3 is 0 Å². The zero-order valence-electron chi connectivity index (χ0n) is 14.2. The van der Waals surface area contributed by atoms with Crippen LogP contribution in [-0.4, -0.2) is 27.6 Å². The van der Waals surface area contributed by atoms with Crippen LogP contribution in [0.1, 0.15) is 17.0 Å². The Morgan fingerprint density at radius 2 is 2.08 bits per heavy atom. The largest absolute Gasteiger partial charge is 0.454 e. The summed E-state index contributed by atoms with van der Waals surface area (Å²) < 4.78 is 16.7. The molecule has 0 fully saturated rings. The van der Waals surface area contributed by atoms with Gasteiger partial charge in [0.2, 0.25) is 12.7 Å². The molecule has 1 amide bonds. The summed E-state index contributed by atoms with van der Waals surface area (Å²) in [6, 6.07) is 5.44. The molecular formula is C17H16N4O5. The fraction of sp³-hybridized carbons (Fsp3) is 0.294. The highest BCUT2D eigenvalue weighted by Crippen LogP contribution is 2.32. The van der Waals surface area contributed by atoms with Gasteiger partial charge in [0.25, 0.3) is 5.56 Å². The van der Waals surface area contributed by atoms with E-state index >= 15 is 0 Å². The molecular weight excluding hydrogens is 340 g/mol. The second kappa shape index (κ2) is 6.17. The quantitative estimate of drug-likeness (QED) is 0.744. The first-order valence-electron chi connectivity index (χ1n) is 8.02. The molecule has 3 aromatic rings. The van der Waals surface area contributed by atoms with Crippen molar-refractivity contribution in [1.82, 2.24) is 20.3 Å². The van der Waals surface area contributed by atoms with E-state index < -0.39 is 5.56 Å². The third-order valence-electron chi connectivity index (χ3n) is 4.15. The summed E-state index contributed by atoms with van der Waals surface area (Å²) in [5.74, 6) is 1.53. The van der Waals surface area contributed by atoms with Crippen molar-refractivity contribution in [3.05, 3.63) is 45.6 Å². The summed E-state index contributed by atoms with van der Waals surface area (Å²) >= 11 is 0. The maximum Gasteiger partial charge on any atom is 0.297 e. The van der Waals surface area contributed by atoms with Crippen molar-refractivity contribution in [2.75, 3.05) is 6.79 Å². The van der Waals surface area contributed by atoms with E-state index in [-0.39, 0.29) is 24.8 Å². The van der Waals surface area contributed by atoms with E-state index in [1.165, 1.54) is 0 Å². The van der Waals surface area contributed by atoms with Crippen molar-refractivity contribution in [3.63, 3.8) is 0 Å². The maximum absolute atomic E-state index is 12.4. The van der Waals surface area contributed by atoms with Crippen LogP contribution in [0.2, 0.25) is 0 Å². The van der Waals surface area contributed by atoms with Crippen LogP contribution >= 0.6 is 0 Å². The minimum atomic E-state index is -0.458. The van der Waals surface area contributed by atoms with E-state index in [2.05, 4.69) is 15.6 Å². The Kier molecular flexibility index (Phi) is 3.83. The number of carbonyl (C=O) groups excluding carboxylic acids is 1. The molecule has 1 aromatic carbocycles. The van der Waals surface area contributed by atoms with Crippen LogP contribution in [-0.2, 0) is 17.9 Å². The molecule has 9 heteroatoms. The number of fused-ring (bicyclic) bond motifs is 2. The summed E-state index contributed by atoms with van der Waals surface area (Å²) in [6.07, 6.45) is 0. The smallest absolute Gasteiger partial charge is 0.297 e. The van der Waals surface area contributed by atoms with Crippen molar-refractivity contribution in [2.24, 2.45) is 0 Å². The molecule has 9 nitrogen and oxygen atoms in total. The van der Waals surface area contributed by atoms with Crippen molar-refractivity contribution in [2.45, 2.75) is 26.9 Å². The molecule has 0 atom stereocenters. The number of carbonyl (C=O) groups is 1. The van der Waals surface area contributed by atoms with E-state index in [1.807, 2.05) is 6.07 Å². The van der Waals surface area contributed by atoms with Gasteiger partial charge in [-0.05, 0) is 31.5 Å². The maximum atomic E-state index is 12.4. The molecule has 0 unspecified atom stereocenters. The molecule has 2 aromatic heterocycles. The van der Waals surface area contributed by atoms with E-state index in [1.54, 1.807) is 26.0 Å². The molecule has 0 bridgehead atoms. The van der Waals surface area contributed by atoms with Gasteiger partial charge in [-0.15, -0.1) is 0 Å². The second-order valence-corrected chi connectivity index (χ2v) is 5.97. The monoisotopic (exact) mass is 356 g/mol. The van der Waals surface area contributed by atoms with Gasteiger partial charge in [-0.1, -0.05) is 11.2 Å². The lowest BCUT2D eigenvalue weighted by atomic mass is 10.2. The lowest BCUT2D eigenvalue weighted by molar-refractivity contribution is -0.122. The van der Waals surface area contributed by atoms with E-state index in [4.69, 9.17) is 14.0 Å². The number of hydrogen-bond donors (Lipinski definition) is 1. The predicted molar refractivity (Wildman–Crippen MR) is 89.9 cm³/mol. The number of hydrogen-bond acceptors (Lipinski definition) is 7. The molecule has 134 valence electrons. The summed E-state index contributed by atoms with van der Waals surface area (Å²) in [6.45, 7) is 3.75. The van der Waals surface area contributed by atoms with Gasteiger partial charge in [0.05, 0.1) is 11.1 Å². The SMILES string of the molecule is Cc1nn(CC(=O)NCc2ccc3c(c2)OCO3)c(=O)c2noc(C)c12. The number of aromatic nitrogens is 3. The predicted octanol–water partition coefficient (Wildman–Crippen LogP) is 1.05. The van der Waals surface area contributed by atoms with Gasteiger partial charge in [-0.3, -0.25) is 9.59 Å². The van der Waals surface area contributed by atoms with E-state index in [9.17, 15) is 9.59 Å². The average Bonchev–Trinajstić information content (AvgIpc) is 3.24. The van der Waals surface area contributed by atoms with Crippen molar-refractivity contribution >= 4 is 16.8 Å². The van der Waals surface area contributed by atoms with Gasteiger partial charge in [0, 0.05) is 6.54 Å². The first kappa shape index (κ1) is 16.1. The Bertz CT molecular complexity index is 1070. The van der Waals surface area contributed by atoms with Crippen LogP contribution in [0.3, 0.4) is 0 Å². The molecule has 0 aliphatic carbocycles. The zero-order chi connectivity index (χ0) is 18.3. The van der Waals surface area contributed by atoms with Gasteiger partial charge in [-0.2, -0.15) is 5.10 Å². The van der Waals surface area contributed by atoms with Crippen molar-refractivity contribution < 1.29 is 18.8 Å². The van der Waals surface area contributed by atoms with Crippen LogP contribution in [0.25, 0.3) is 10.9 Å². The van der Waals surface area contributed by atoms with Gasteiger partial charge in [0.15, 0.2) is 17.0 Å². The minimum absolute atomic E-state index is 0.179. The second-order valence-electron chi connectivity index (χ2n) is 5.97. The van der Waals surface area contributed by atoms with Gasteiger partial charge < -0.3 is 19.3 Å². The molecule has 3 heterocycles. The Morgan fingerprint density at radius 3 is 2.92 bits per heavy atom. The Labute approximate surface area is 147 Å². The molecule has 1 aliphatic rings. The molecule has 4 rings (SSSR count). The number of rotatable bonds is 4. The third kappa shape index (κ3) is 2.77. The third-order valence-corrected chi connectivity index (χ3v) is 4.15. The molecule has 0 saturated carbocycles. The lowest BCUT2D eigenvalue weighted by Gasteiger charge is -2.08. The zero-order valence-corrected chi connectivity index (χ0v) is 14.2. The average molecular weight is 356 g/mol. The van der Waals surface area contributed by atoms with Gasteiger partial charge in [0.1, 0.15) is 12.3 Å². The first-order valence-corrected chi connectivity index (χ1v) is 8.02. The molecule has 0 spiro atoms. The number of amides is 1. The Morgan fingerprint density at radius 1 is 1.27 bits per heavy atom. The number of nitrogens with zero attached hydrogens (tertiary/aromatic N) is 3. The number of aryl methyl sites for hydroxylation is 2. The summed E-state index contributed by atoms with van der Waals surface area (Å²) in [7, 11) is 0. The molecule has 1 N–H and O–H groups in total. The Balaban J connectivity index is 1.47. The minimum Gasteiger partial charge on any atom is -0.454 e. The van der Waals surface area contributed by atoms with Crippen LogP contribution in [0.15, 0.2) is 27.5 Å². The molecule has 26 heavy (non-hydrogen) atoms. The number of ether oxygens (including phenoxy) is 2. The molecule has 0 saturated heterocycles. The van der Waals surface area contributed by atoms with Crippen LogP contribution in [0, 0.1) is 13.8 Å². The topological polar surface area (TPSA) is 108 Å². The van der Waals surface area contributed by atoms with Crippen LogP contribution in [0.5, 0.6) is 11.5 Å². The summed E-state index contributed by atoms with van der Waals surface area (Å²) in [5.41, 5.74) is 1.17. The van der Waals surface area contributed by atoms with E-state index in [0.29, 0.717) is 34.9 Å². The van der Waals surface area contributed by atoms with E-state index in [0.717, 1.165) is 10.2 Å². The number of nitrogens with one attached hydrogen (secondary N) is 1. The summed E-state index contributed by atoms with van der Waals surface area (Å²) in [4.78, 5) is 24.6. The Hall–Kier alpha value is -3.36. The van der Waals surface area contributed by atoms with Crippen LogP contribution < -0.4 is 20.3 Å². The lowest BCUT2D eigenvalue weighted by Crippen LogP contribution is -2.33. The fourth-order valence-electron chi connectivity index (χ4n) is 2.89. The fourth-order valence-corrected chi connectivity index (χ4v) is 2.89. The highest BCUT2D eigenvalue weighted by molar-refractivity contribution is 5.82. The molecule has 1 aliphatic heterocycles. The molecule has 0 radical (unpaired) electrons. The standard InChI is InChI=1S/C17H16N4O5/c1-9-15-10(2)26-20-16(15)17(23)21(19-9)7-14(22)18-6-11-3-4-12-13(5-11)25-8-24-12/h3-5H,6-8H2,1-2H3,(H,18,22). The summed E-state index contributed by atoms with van der Waals surface area (Å²) in [5, 5.41) is 11.3. The highest BCUT2D eigenvalue weighted by atomic mass is 16.7. The first-order chi connectivity index (χ1) is 12.5. The normalized spacial score (nSPS) is 12.5. The van der Waals surface area contributed by atoms with Crippen molar-refractivity contribution in [1.29, 1.82) is 0 Å². The number of benzene rings is 1. The van der Waals surface area contributed by atoms with Gasteiger partial charge in [-0.25, -0.2) is 4.68 Å².